The number of ether oxygens (including phenoxy) is 1. The van der Waals surface area contributed by atoms with E-state index in [4.69, 9.17) is 4.74 Å². The zero-order valence-electron chi connectivity index (χ0n) is 16.4. The molecule has 1 aliphatic rings. The molecule has 0 spiro atoms. The summed E-state index contributed by atoms with van der Waals surface area (Å²) in [4.78, 5) is 26.0. The maximum Gasteiger partial charge on any atom is 0.307 e. The maximum absolute atomic E-state index is 12.3. The third-order valence-electron chi connectivity index (χ3n) is 4.94. The first-order valence-electron chi connectivity index (χ1n) is 9.56. The van der Waals surface area contributed by atoms with Crippen LogP contribution in [-0.2, 0) is 20.9 Å². The van der Waals surface area contributed by atoms with Gasteiger partial charge in [-0.05, 0) is 23.8 Å². The number of hydrogen-bond donors (Lipinski definition) is 1. The largest absolute Gasteiger partial charge is 0.465 e. The fourth-order valence-corrected chi connectivity index (χ4v) is 3.64. The van der Waals surface area contributed by atoms with Crippen LogP contribution < -0.4 is 5.32 Å². The lowest BCUT2D eigenvalue weighted by Gasteiger charge is -2.31. The number of rotatable bonds is 8. The van der Waals surface area contributed by atoms with Gasteiger partial charge < -0.3 is 10.1 Å². The second kappa shape index (κ2) is 9.72. The van der Waals surface area contributed by atoms with Crippen LogP contribution in [0.15, 0.2) is 30.3 Å². The molecule has 5 nitrogen and oxygen atoms in total. The van der Waals surface area contributed by atoms with Crippen LogP contribution in [0.4, 0.5) is 0 Å². The van der Waals surface area contributed by atoms with Crippen LogP contribution in [0.2, 0.25) is 0 Å². The van der Waals surface area contributed by atoms with Crippen LogP contribution in [0.1, 0.15) is 46.1 Å². The zero-order valence-corrected chi connectivity index (χ0v) is 16.4. The number of nitrogens with zero attached hydrogens (tertiary/aromatic N) is 1. The minimum absolute atomic E-state index is 0.0170. The minimum Gasteiger partial charge on any atom is -0.465 e. The smallest absolute Gasteiger partial charge is 0.307 e. The molecule has 1 saturated heterocycles. The van der Waals surface area contributed by atoms with E-state index in [1.165, 1.54) is 5.56 Å². The standard InChI is InChI=1S/C21H32N2O3/c1-15(2)14-26-21(25)11-19-10-16(3)20(12-22-17(4)24)23(19)13-18-8-6-5-7-9-18/h5-9,15-16,19-20H,10-14H2,1-4H3,(H,22,24). The van der Waals surface area contributed by atoms with Crippen molar-refractivity contribution in [2.24, 2.45) is 11.8 Å². The average Bonchev–Trinajstić information content (AvgIpc) is 2.86. The third kappa shape index (κ3) is 6.13. The van der Waals surface area contributed by atoms with E-state index < -0.39 is 0 Å². The van der Waals surface area contributed by atoms with E-state index in [-0.39, 0.29) is 24.0 Å². The summed E-state index contributed by atoms with van der Waals surface area (Å²) >= 11 is 0. The lowest BCUT2D eigenvalue weighted by molar-refractivity contribution is -0.146. The summed E-state index contributed by atoms with van der Waals surface area (Å²) in [6, 6.07) is 10.6. The average molecular weight is 360 g/mol. The Morgan fingerprint density at radius 1 is 1.27 bits per heavy atom. The predicted molar refractivity (Wildman–Crippen MR) is 102 cm³/mol. The molecule has 0 aliphatic carbocycles. The van der Waals surface area contributed by atoms with Crippen molar-refractivity contribution >= 4 is 11.9 Å². The predicted octanol–water partition coefficient (Wildman–Crippen LogP) is 2.99. The summed E-state index contributed by atoms with van der Waals surface area (Å²) in [6.45, 7) is 9.67. The highest BCUT2D eigenvalue weighted by molar-refractivity contribution is 5.72. The fourth-order valence-electron chi connectivity index (χ4n) is 3.64. The van der Waals surface area contributed by atoms with Crippen molar-refractivity contribution in [3.63, 3.8) is 0 Å². The summed E-state index contributed by atoms with van der Waals surface area (Å²) in [6.07, 6.45) is 1.34. The Bertz CT molecular complexity index is 588. The molecule has 144 valence electrons. The summed E-state index contributed by atoms with van der Waals surface area (Å²) in [5.74, 6) is 0.605. The van der Waals surface area contributed by atoms with Crippen LogP contribution in [0.3, 0.4) is 0 Å². The van der Waals surface area contributed by atoms with Crippen LogP contribution in [0, 0.1) is 11.8 Å². The molecule has 26 heavy (non-hydrogen) atoms. The van der Waals surface area contributed by atoms with E-state index in [9.17, 15) is 9.59 Å². The Hall–Kier alpha value is -1.88. The molecule has 1 aliphatic heterocycles. The topological polar surface area (TPSA) is 58.6 Å². The second-order valence-corrected chi connectivity index (χ2v) is 7.81. The van der Waals surface area contributed by atoms with Crippen LogP contribution in [0.25, 0.3) is 0 Å². The van der Waals surface area contributed by atoms with Crippen molar-refractivity contribution in [3.05, 3.63) is 35.9 Å². The Balaban J connectivity index is 2.08. The molecule has 2 rings (SSSR count). The Labute approximate surface area is 157 Å². The first-order valence-corrected chi connectivity index (χ1v) is 9.56. The van der Waals surface area contributed by atoms with Crippen molar-refractivity contribution in [3.8, 4) is 0 Å². The highest BCUT2D eigenvalue weighted by atomic mass is 16.5. The SMILES string of the molecule is CC(=O)NCC1C(C)CC(CC(=O)OCC(C)C)N1Cc1ccccc1. The molecule has 1 N–H and O–H groups in total. The van der Waals surface area contributed by atoms with Crippen LogP contribution in [-0.4, -0.2) is 42.0 Å². The molecule has 0 bridgehead atoms. The summed E-state index contributed by atoms with van der Waals surface area (Å²) in [5, 5.41) is 2.95. The molecule has 3 atom stereocenters. The van der Waals surface area contributed by atoms with E-state index >= 15 is 0 Å². The van der Waals surface area contributed by atoms with E-state index in [0.717, 1.165) is 13.0 Å². The molecule has 1 heterocycles. The monoisotopic (exact) mass is 360 g/mol. The van der Waals surface area contributed by atoms with Gasteiger partial charge >= 0.3 is 5.97 Å². The van der Waals surface area contributed by atoms with Gasteiger partial charge in [0.2, 0.25) is 5.91 Å². The Kier molecular flexibility index (Phi) is 7.64. The van der Waals surface area contributed by atoms with Gasteiger partial charge in [0.05, 0.1) is 13.0 Å². The maximum atomic E-state index is 12.3. The van der Waals surface area contributed by atoms with E-state index in [1.54, 1.807) is 6.92 Å². The number of esters is 1. The quantitative estimate of drug-likeness (QED) is 0.724. The second-order valence-electron chi connectivity index (χ2n) is 7.81. The van der Waals surface area contributed by atoms with Gasteiger partial charge in [-0.15, -0.1) is 0 Å². The van der Waals surface area contributed by atoms with E-state index in [2.05, 4.69) is 29.3 Å². The molecule has 1 aromatic rings. The molecule has 1 aromatic carbocycles. The summed E-state index contributed by atoms with van der Waals surface area (Å²) in [7, 11) is 0. The van der Waals surface area contributed by atoms with Gasteiger partial charge in [-0.1, -0.05) is 51.1 Å². The van der Waals surface area contributed by atoms with Gasteiger partial charge in [0, 0.05) is 32.1 Å². The van der Waals surface area contributed by atoms with Crippen LogP contribution >= 0.6 is 0 Å². The number of carbonyl (C=O) groups excluding carboxylic acids is 2. The van der Waals surface area contributed by atoms with Crippen molar-refractivity contribution < 1.29 is 14.3 Å². The summed E-state index contributed by atoms with van der Waals surface area (Å²) in [5.41, 5.74) is 1.22. The van der Waals surface area contributed by atoms with Crippen molar-refractivity contribution in [1.29, 1.82) is 0 Å². The lowest BCUT2D eigenvalue weighted by atomic mass is 10.0. The molecule has 0 radical (unpaired) electrons. The highest BCUT2D eigenvalue weighted by Crippen LogP contribution is 2.33. The normalized spacial score (nSPS) is 23.2. The van der Waals surface area contributed by atoms with Crippen molar-refractivity contribution in [1.82, 2.24) is 10.2 Å². The minimum atomic E-state index is -0.130. The number of hydrogen-bond acceptors (Lipinski definition) is 4. The van der Waals surface area contributed by atoms with E-state index in [1.807, 2.05) is 32.0 Å². The Morgan fingerprint density at radius 2 is 1.96 bits per heavy atom. The third-order valence-corrected chi connectivity index (χ3v) is 4.94. The molecule has 0 aromatic heterocycles. The number of amides is 1. The Morgan fingerprint density at radius 3 is 2.58 bits per heavy atom. The molecule has 5 heteroatoms. The molecule has 3 unspecified atom stereocenters. The van der Waals surface area contributed by atoms with Gasteiger partial charge in [-0.2, -0.15) is 0 Å². The van der Waals surface area contributed by atoms with Gasteiger partial charge in [0.25, 0.3) is 0 Å². The van der Waals surface area contributed by atoms with Gasteiger partial charge in [-0.3, -0.25) is 14.5 Å². The van der Waals surface area contributed by atoms with Crippen LogP contribution in [0.5, 0.6) is 0 Å². The van der Waals surface area contributed by atoms with Crippen molar-refractivity contribution in [2.75, 3.05) is 13.2 Å². The molecule has 1 fully saturated rings. The number of likely N-dealkylation sites (tertiary alicyclic amines) is 1. The lowest BCUT2D eigenvalue weighted by Crippen LogP contribution is -2.44. The van der Waals surface area contributed by atoms with E-state index in [0.29, 0.717) is 31.4 Å². The molecular formula is C21H32N2O3. The number of carbonyl (C=O) groups is 2. The number of benzene rings is 1. The zero-order chi connectivity index (χ0) is 19.1. The first kappa shape index (κ1) is 20.4. The first-order chi connectivity index (χ1) is 12.4. The highest BCUT2D eigenvalue weighted by Gasteiger charge is 2.39. The molecule has 0 saturated carbocycles. The van der Waals surface area contributed by atoms with Crippen molar-refractivity contribution in [2.45, 2.75) is 59.2 Å². The number of nitrogens with one attached hydrogen (secondary N) is 1. The fraction of sp³-hybridized carbons (Fsp3) is 0.619. The summed E-state index contributed by atoms with van der Waals surface area (Å²) < 4.78 is 5.40. The molecular weight excluding hydrogens is 328 g/mol. The van der Waals surface area contributed by atoms with Gasteiger partial charge in [-0.25, -0.2) is 0 Å². The van der Waals surface area contributed by atoms with Gasteiger partial charge in [0.1, 0.15) is 0 Å². The van der Waals surface area contributed by atoms with Gasteiger partial charge in [0.15, 0.2) is 0 Å². The molecule has 1 amide bonds.